The first kappa shape index (κ1) is 61.1. The Labute approximate surface area is 494 Å². The molecule has 460 valence electrons. The van der Waals surface area contributed by atoms with Gasteiger partial charge in [-0.3, -0.25) is 24.1 Å². The predicted molar refractivity (Wildman–Crippen MR) is 304 cm³/mol. The maximum absolute atomic E-state index is 16.0. The van der Waals surface area contributed by atoms with Crippen molar-refractivity contribution in [2.45, 2.75) is 122 Å². The Balaban J connectivity index is 1.01. The number of amides is 1. The summed E-state index contributed by atoms with van der Waals surface area (Å²) in [6.45, 7) is 14.3. The number of Topliss-reactive ketones (excluding diaryl/α,β-unsaturated/α-hetero) is 2. The second-order valence-corrected chi connectivity index (χ2v) is 28.3. The van der Waals surface area contributed by atoms with Gasteiger partial charge >= 0.3 is 29.4 Å². The highest BCUT2D eigenvalue weighted by Gasteiger charge is 2.81. The van der Waals surface area contributed by atoms with Crippen molar-refractivity contribution in [3.05, 3.63) is 110 Å². The Morgan fingerprint density at radius 3 is 2.13 bits per heavy atom. The number of rotatable bonds is 18. The summed E-state index contributed by atoms with van der Waals surface area (Å²) in [4.78, 5) is 101. The summed E-state index contributed by atoms with van der Waals surface area (Å²) in [6.07, 6.45) is 10.7. The summed E-state index contributed by atoms with van der Waals surface area (Å²) in [7, 11) is -15.2. The van der Waals surface area contributed by atoms with Gasteiger partial charge in [-0.2, -0.15) is 8.62 Å². The van der Waals surface area contributed by atoms with E-state index in [0.29, 0.717) is 41.0 Å². The van der Waals surface area contributed by atoms with Gasteiger partial charge in [0.2, 0.25) is 18.4 Å². The zero-order valence-electron chi connectivity index (χ0n) is 48.6. The van der Waals surface area contributed by atoms with E-state index in [0.717, 1.165) is 11.1 Å². The number of ketones is 2. The summed E-state index contributed by atoms with van der Waals surface area (Å²) < 4.78 is 102. The topological polar surface area (TPSA) is 334 Å². The molecule has 9 aliphatic rings. The van der Waals surface area contributed by atoms with Crippen molar-refractivity contribution >= 4 is 53.0 Å². The molecule has 86 heavy (non-hydrogen) atoms. The first-order chi connectivity index (χ1) is 40.3. The van der Waals surface area contributed by atoms with E-state index in [9.17, 15) is 48.0 Å². The molecular formula is C59H66NO23P3. The van der Waals surface area contributed by atoms with E-state index >= 15 is 9.59 Å². The molecule has 11 atom stereocenters. The fraction of sp³-hybridized carbons (Fsp3) is 0.458. The number of phosphoric acid groups is 3. The summed E-state index contributed by atoms with van der Waals surface area (Å²) in [5.74, 6) is -6.68. The summed E-state index contributed by atoms with van der Waals surface area (Å²) in [5, 5.41) is 14.0. The molecule has 3 aromatic rings. The second-order valence-electron chi connectivity index (χ2n) is 24.0. The van der Waals surface area contributed by atoms with Crippen molar-refractivity contribution in [3.8, 4) is 46.0 Å². The standard InChI is InChI=1S/C59H66NO23P3/c1-28(2)12-11-17-57(8)18-16-34-50(78-57)33(14-13-29(3)4)51-46(52(34)80-85(69,70)83-86(71,72)82-84(66,67)68)48(61)38-20-32-23-43-56(6,7)81-58(53(32)63,59(38,43)79-51)19-15-30(5)54(64)60-47-36-25-40-39(76-27-77-40)24-35(36)44(45-37(47)26-75-55(45)65)31-21-41(73-9)49(62)42(22-31)74-10/h12-13,15-16,18,20-22,24-25,32,37,43-45,47,62H,11,14,17,19,23,26-27H2,1-10H3,(H,60,64)(H,69,70)(H,71,72)(H2,66,67,68)/b30-15-. The van der Waals surface area contributed by atoms with Gasteiger partial charge in [-0.05, 0) is 134 Å². The summed E-state index contributed by atoms with van der Waals surface area (Å²) in [5.41, 5.74) is -3.07. The molecule has 11 unspecified atom stereocenters. The van der Waals surface area contributed by atoms with E-state index in [1.807, 2.05) is 39.8 Å². The van der Waals surface area contributed by atoms with Crippen molar-refractivity contribution in [1.29, 1.82) is 0 Å². The molecule has 5 aliphatic heterocycles. The second kappa shape index (κ2) is 21.4. The fourth-order valence-electron chi connectivity index (χ4n) is 13.8. The molecule has 1 amide bonds. The molecule has 0 radical (unpaired) electrons. The number of phenolic OH excluding ortho intramolecular Hbond substituents is 1. The third-order valence-electron chi connectivity index (χ3n) is 17.4. The molecule has 27 heteroatoms. The average molecular weight is 1250 g/mol. The average Bonchev–Trinajstić information content (AvgIpc) is 1.38. The Hall–Kier alpha value is -6.55. The van der Waals surface area contributed by atoms with Crippen LogP contribution in [0.15, 0.2) is 76.9 Å². The van der Waals surface area contributed by atoms with Crippen LogP contribution in [0.1, 0.15) is 131 Å². The van der Waals surface area contributed by atoms with Gasteiger partial charge in [-0.1, -0.05) is 35.5 Å². The van der Waals surface area contributed by atoms with E-state index < -0.39 is 116 Å². The van der Waals surface area contributed by atoms with Gasteiger partial charge in [-0.25, -0.2) is 13.7 Å². The molecule has 1 saturated carbocycles. The quantitative estimate of drug-likeness (QED) is 0.0299. The lowest BCUT2D eigenvalue weighted by Gasteiger charge is -2.56. The number of nitrogens with one attached hydrogen (secondary N) is 1. The first-order valence-electron chi connectivity index (χ1n) is 27.7. The third kappa shape index (κ3) is 10.2. The number of carbonyl (C=O) groups is 4. The molecule has 24 nitrogen and oxygen atoms in total. The van der Waals surface area contributed by atoms with Crippen LogP contribution in [-0.4, -0.2) is 98.1 Å². The van der Waals surface area contributed by atoms with Gasteiger partial charge in [0, 0.05) is 46.8 Å². The first-order valence-corrected chi connectivity index (χ1v) is 32.2. The van der Waals surface area contributed by atoms with Crippen molar-refractivity contribution in [2.75, 3.05) is 27.6 Å². The lowest BCUT2D eigenvalue weighted by Crippen LogP contribution is -2.72. The zero-order valence-corrected chi connectivity index (χ0v) is 51.3. The fourth-order valence-corrected chi connectivity index (χ4v) is 16.8. The van der Waals surface area contributed by atoms with Crippen LogP contribution in [0.2, 0.25) is 0 Å². The number of cyclic esters (lactones) is 1. The van der Waals surface area contributed by atoms with Crippen LogP contribution < -0.4 is 38.3 Å². The highest BCUT2D eigenvalue weighted by Crippen LogP contribution is 2.71. The predicted octanol–water partition coefficient (Wildman–Crippen LogP) is 9.40. The minimum absolute atomic E-state index is 0.00249. The smallest absolute Gasteiger partial charge is 0.502 e. The summed E-state index contributed by atoms with van der Waals surface area (Å²) in [6, 6.07) is 5.85. The van der Waals surface area contributed by atoms with Gasteiger partial charge in [0.25, 0.3) is 0 Å². The number of hydrogen-bond acceptors (Lipinski definition) is 19. The number of fused-ring (bicyclic) bond motifs is 5. The number of methoxy groups -OCH3 is 2. The third-order valence-corrected chi connectivity index (χ3v) is 21.2. The highest BCUT2D eigenvalue weighted by atomic mass is 31.3. The van der Waals surface area contributed by atoms with Gasteiger partial charge in [0.05, 0.1) is 44.0 Å². The molecule has 3 aromatic carbocycles. The van der Waals surface area contributed by atoms with Crippen LogP contribution in [0.25, 0.3) is 6.08 Å². The molecule has 2 saturated heterocycles. The normalized spacial score (nSPS) is 29.0. The lowest BCUT2D eigenvalue weighted by atomic mass is 9.51. The zero-order chi connectivity index (χ0) is 62.2. The molecule has 4 aliphatic carbocycles. The Morgan fingerprint density at radius 2 is 1.49 bits per heavy atom. The molecule has 4 bridgehead atoms. The van der Waals surface area contributed by atoms with Crippen LogP contribution in [0, 0.1) is 23.7 Å². The molecule has 3 fully saturated rings. The lowest BCUT2D eigenvalue weighted by molar-refractivity contribution is -0.171. The molecule has 12 rings (SSSR count). The van der Waals surface area contributed by atoms with Gasteiger partial charge in [0.15, 0.2) is 51.5 Å². The molecular weight excluding hydrogens is 1180 g/mol. The van der Waals surface area contributed by atoms with Crippen LogP contribution in [0.4, 0.5) is 0 Å². The SMILES string of the molecule is COc1cc(C2c3cc4c(cc3C(NC(=O)/C(C)=C\CC35OC(C)(C)C6CC(C=C7C(=O)c8c(OP(=O)(O)OP(=O)(O)OP(=O)(O)O)c9c(c(CC=C(C)C)c8OC763)OC(C)(CCC=C(C)C)C=C9)C5=O)C3COC(=O)C23)OCO4)cc(OC)c1O. The number of carbonyl (C=O) groups excluding carboxylic acids is 4. The number of phosphoric ester groups is 1. The highest BCUT2D eigenvalue weighted by molar-refractivity contribution is 7.66. The number of ether oxygens (including phenoxy) is 8. The minimum atomic E-state index is -6.09. The Morgan fingerprint density at radius 1 is 0.826 bits per heavy atom. The van der Waals surface area contributed by atoms with Gasteiger partial charge in [0.1, 0.15) is 22.7 Å². The van der Waals surface area contributed by atoms with E-state index in [4.69, 9.17) is 42.4 Å². The number of allylic oxidation sites excluding steroid dienone is 5. The number of esters is 1. The number of phenols is 1. The molecule has 5 heterocycles. The molecule has 1 spiro atoms. The maximum atomic E-state index is 16.0. The van der Waals surface area contributed by atoms with E-state index in [-0.39, 0.29) is 83.7 Å². The molecule has 6 N–H and O–H groups in total. The van der Waals surface area contributed by atoms with E-state index in [1.165, 1.54) is 32.4 Å². The maximum Gasteiger partial charge on any atom is 0.536 e. The van der Waals surface area contributed by atoms with E-state index in [1.54, 1.807) is 58.0 Å². The molecule has 0 aromatic heterocycles. The van der Waals surface area contributed by atoms with Crippen molar-refractivity contribution in [1.82, 2.24) is 5.32 Å². The Kier molecular flexibility index (Phi) is 15.2. The minimum Gasteiger partial charge on any atom is -0.502 e. The largest absolute Gasteiger partial charge is 0.536 e. The van der Waals surface area contributed by atoms with Crippen LogP contribution >= 0.6 is 23.5 Å². The van der Waals surface area contributed by atoms with Crippen LogP contribution in [-0.2, 0) is 52.6 Å². The number of hydrogen-bond donors (Lipinski definition) is 6. The van der Waals surface area contributed by atoms with Gasteiger partial charge in [-0.15, -0.1) is 0 Å². The van der Waals surface area contributed by atoms with Crippen molar-refractivity contribution < 1.29 is 109 Å². The monoisotopic (exact) mass is 1250 g/mol. The Bertz CT molecular complexity index is 3750. The number of aromatic hydroxyl groups is 1. The van der Waals surface area contributed by atoms with Gasteiger partial charge < -0.3 is 67.5 Å². The van der Waals surface area contributed by atoms with E-state index in [2.05, 4.69) is 13.9 Å². The van der Waals surface area contributed by atoms with Crippen molar-refractivity contribution in [2.24, 2.45) is 23.7 Å². The number of benzene rings is 3. The van der Waals surface area contributed by atoms with Crippen LogP contribution in [0.3, 0.4) is 0 Å². The summed E-state index contributed by atoms with van der Waals surface area (Å²) >= 11 is 0. The van der Waals surface area contributed by atoms with Crippen molar-refractivity contribution in [3.63, 3.8) is 0 Å². The van der Waals surface area contributed by atoms with Crippen LogP contribution in [0.5, 0.6) is 46.0 Å².